The minimum atomic E-state index is -2.89. The Morgan fingerprint density at radius 3 is 2.79 bits per heavy atom. The Labute approximate surface area is 110 Å². The van der Waals surface area contributed by atoms with E-state index >= 15 is 0 Å². The van der Waals surface area contributed by atoms with Crippen molar-refractivity contribution in [3.63, 3.8) is 0 Å². The van der Waals surface area contributed by atoms with Crippen LogP contribution in [0, 0.1) is 0 Å². The maximum absolute atomic E-state index is 12.4. The smallest absolute Gasteiger partial charge is 0.388 e. The van der Waals surface area contributed by atoms with Crippen molar-refractivity contribution in [2.24, 2.45) is 0 Å². The second kappa shape index (κ2) is 5.77. The predicted molar refractivity (Wildman–Crippen MR) is 67.1 cm³/mol. The van der Waals surface area contributed by atoms with E-state index < -0.39 is 6.61 Å². The number of pyridine rings is 1. The molecule has 0 aliphatic rings. The number of ether oxygens (including phenoxy) is 1. The van der Waals surface area contributed by atoms with Gasteiger partial charge in [-0.2, -0.15) is 13.9 Å². The molecule has 0 fully saturated rings. The van der Waals surface area contributed by atoms with Crippen molar-refractivity contribution in [2.75, 3.05) is 0 Å². The van der Waals surface area contributed by atoms with Crippen LogP contribution < -0.4 is 4.74 Å². The van der Waals surface area contributed by atoms with E-state index in [1.54, 1.807) is 16.8 Å². The van der Waals surface area contributed by atoms with Crippen LogP contribution in [0.15, 0.2) is 24.4 Å². The molecule has 6 heteroatoms. The molecule has 0 aliphatic heterocycles. The van der Waals surface area contributed by atoms with Gasteiger partial charge in [0.05, 0.1) is 17.0 Å². The van der Waals surface area contributed by atoms with Gasteiger partial charge >= 0.3 is 6.61 Å². The van der Waals surface area contributed by atoms with E-state index in [0.717, 1.165) is 17.8 Å². The van der Waals surface area contributed by atoms with E-state index in [0.29, 0.717) is 12.1 Å². The van der Waals surface area contributed by atoms with Crippen LogP contribution in [-0.4, -0.2) is 21.4 Å². The molecule has 0 unspecified atom stereocenters. The summed E-state index contributed by atoms with van der Waals surface area (Å²) >= 11 is 0. The zero-order valence-electron chi connectivity index (χ0n) is 10.8. The number of aromatic nitrogens is 3. The molecule has 102 valence electrons. The molecule has 2 rings (SSSR count). The molecule has 0 amide bonds. The fourth-order valence-electron chi connectivity index (χ4n) is 1.86. The van der Waals surface area contributed by atoms with Crippen molar-refractivity contribution in [3.8, 4) is 17.1 Å². The van der Waals surface area contributed by atoms with Crippen molar-refractivity contribution in [1.82, 2.24) is 14.8 Å². The Morgan fingerprint density at radius 1 is 1.37 bits per heavy atom. The number of rotatable bonds is 5. The van der Waals surface area contributed by atoms with Crippen molar-refractivity contribution in [2.45, 2.75) is 33.4 Å². The van der Waals surface area contributed by atoms with Gasteiger partial charge in [-0.05, 0) is 31.5 Å². The first kappa shape index (κ1) is 13.5. The molecular formula is C13H15F2N3O. The molecule has 0 spiro atoms. The average molecular weight is 267 g/mol. The summed E-state index contributed by atoms with van der Waals surface area (Å²) in [6.07, 6.45) is 2.21. The largest absolute Gasteiger partial charge is 0.416 e. The van der Waals surface area contributed by atoms with Crippen molar-refractivity contribution in [3.05, 3.63) is 30.1 Å². The highest BCUT2D eigenvalue weighted by atomic mass is 19.3. The maximum Gasteiger partial charge on any atom is 0.388 e. The molecule has 2 aromatic heterocycles. The first-order valence-electron chi connectivity index (χ1n) is 6.12. The number of alkyl halides is 2. The fraction of sp³-hybridized carbons (Fsp3) is 0.385. The zero-order valence-corrected chi connectivity index (χ0v) is 10.8. The molecule has 4 nitrogen and oxygen atoms in total. The molecule has 0 bridgehead atoms. The molecule has 0 saturated carbocycles. The van der Waals surface area contributed by atoms with Crippen LogP contribution in [0.5, 0.6) is 5.88 Å². The van der Waals surface area contributed by atoms with Crippen molar-refractivity contribution >= 4 is 0 Å². The molecular weight excluding hydrogens is 252 g/mol. The summed E-state index contributed by atoms with van der Waals surface area (Å²) < 4.78 is 31.0. The molecule has 2 heterocycles. The van der Waals surface area contributed by atoms with Crippen LogP contribution in [0.1, 0.15) is 19.5 Å². The van der Waals surface area contributed by atoms with Crippen molar-refractivity contribution in [1.29, 1.82) is 0 Å². The van der Waals surface area contributed by atoms with Gasteiger partial charge in [0.25, 0.3) is 0 Å². The van der Waals surface area contributed by atoms with Gasteiger partial charge in [-0.15, -0.1) is 0 Å². The second-order valence-corrected chi connectivity index (χ2v) is 3.92. The van der Waals surface area contributed by atoms with Crippen molar-refractivity contribution < 1.29 is 13.5 Å². The quantitative estimate of drug-likeness (QED) is 0.835. The number of aryl methyl sites for hydroxylation is 2. The molecule has 0 aromatic carbocycles. The van der Waals surface area contributed by atoms with Crippen LogP contribution >= 0.6 is 0 Å². The summed E-state index contributed by atoms with van der Waals surface area (Å²) in [5, 5.41) is 4.39. The Kier molecular flexibility index (Phi) is 4.09. The van der Waals surface area contributed by atoms with E-state index in [-0.39, 0.29) is 5.88 Å². The Bertz CT molecular complexity index is 555. The average Bonchev–Trinajstić information content (AvgIpc) is 2.82. The second-order valence-electron chi connectivity index (χ2n) is 3.92. The Hall–Kier alpha value is -1.98. The normalized spacial score (nSPS) is 11.0. The van der Waals surface area contributed by atoms with Gasteiger partial charge in [-0.3, -0.25) is 4.68 Å². The van der Waals surface area contributed by atoms with E-state index in [1.165, 1.54) is 6.20 Å². The summed E-state index contributed by atoms with van der Waals surface area (Å²) in [7, 11) is 0. The molecule has 0 radical (unpaired) electrons. The van der Waals surface area contributed by atoms with E-state index in [2.05, 4.69) is 14.8 Å². The van der Waals surface area contributed by atoms with Crippen LogP contribution in [0.3, 0.4) is 0 Å². The van der Waals surface area contributed by atoms with Gasteiger partial charge in [0, 0.05) is 12.7 Å². The zero-order chi connectivity index (χ0) is 13.8. The highest BCUT2D eigenvalue weighted by Gasteiger charge is 2.16. The molecule has 2 aromatic rings. The number of halogens is 2. The molecule has 0 saturated heterocycles. The minimum Gasteiger partial charge on any atom is -0.416 e. The van der Waals surface area contributed by atoms with Gasteiger partial charge in [-0.25, -0.2) is 4.98 Å². The molecule has 0 N–H and O–H groups in total. The lowest BCUT2D eigenvalue weighted by Gasteiger charge is -2.10. The standard InChI is InChI=1S/C13H15F2N3O/c1-3-9-8-11(18(4-2)17-9)10-6-5-7-16-12(10)19-13(14)15/h5-8,13H,3-4H2,1-2H3. The molecule has 19 heavy (non-hydrogen) atoms. The third kappa shape index (κ3) is 2.89. The van der Waals surface area contributed by atoms with E-state index in [1.807, 2.05) is 19.9 Å². The summed E-state index contributed by atoms with van der Waals surface area (Å²) in [5.74, 6) is -0.0743. The topological polar surface area (TPSA) is 39.9 Å². The van der Waals surface area contributed by atoms with Crippen LogP contribution in [0.4, 0.5) is 8.78 Å². The Morgan fingerprint density at radius 2 is 2.16 bits per heavy atom. The Balaban J connectivity index is 2.48. The number of nitrogens with zero attached hydrogens (tertiary/aromatic N) is 3. The number of hydrogen-bond donors (Lipinski definition) is 0. The maximum atomic E-state index is 12.4. The summed E-state index contributed by atoms with van der Waals surface area (Å²) in [6.45, 7) is 1.70. The van der Waals surface area contributed by atoms with Gasteiger partial charge in [0.1, 0.15) is 0 Å². The monoisotopic (exact) mass is 267 g/mol. The number of hydrogen-bond acceptors (Lipinski definition) is 3. The first-order chi connectivity index (χ1) is 9.15. The SMILES string of the molecule is CCc1cc(-c2cccnc2OC(F)F)n(CC)n1. The summed E-state index contributed by atoms with van der Waals surface area (Å²) in [5.41, 5.74) is 2.17. The highest BCUT2D eigenvalue weighted by molar-refractivity contribution is 5.65. The van der Waals surface area contributed by atoms with Gasteiger partial charge in [0.15, 0.2) is 0 Å². The summed E-state index contributed by atoms with van der Waals surface area (Å²) in [6, 6.07) is 5.26. The third-order valence-corrected chi connectivity index (χ3v) is 2.74. The first-order valence-corrected chi connectivity index (χ1v) is 6.12. The lowest BCUT2D eigenvalue weighted by Crippen LogP contribution is -2.06. The van der Waals surface area contributed by atoms with Gasteiger partial charge < -0.3 is 4.74 Å². The van der Waals surface area contributed by atoms with Gasteiger partial charge in [0.2, 0.25) is 5.88 Å². The van der Waals surface area contributed by atoms with Crippen LogP contribution in [0.25, 0.3) is 11.3 Å². The third-order valence-electron chi connectivity index (χ3n) is 2.74. The highest BCUT2D eigenvalue weighted by Crippen LogP contribution is 2.29. The van der Waals surface area contributed by atoms with Crippen LogP contribution in [0.2, 0.25) is 0 Å². The lowest BCUT2D eigenvalue weighted by molar-refractivity contribution is -0.0524. The fourth-order valence-corrected chi connectivity index (χ4v) is 1.86. The van der Waals surface area contributed by atoms with E-state index in [4.69, 9.17) is 0 Å². The predicted octanol–water partition coefficient (Wildman–Crippen LogP) is 3.13. The van der Waals surface area contributed by atoms with Crippen LogP contribution in [-0.2, 0) is 13.0 Å². The molecule has 0 atom stereocenters. The molecule has 0 aliphatic carbocycles. The minimum absolute atomic E-state index is 0.0743. The summed E-state index contributed by atoms with van der Waals surface area (Å²) in [4.78, 5) is 3.86. The lowest BCUT2D eigenvalue weighted by atomic mass is 10.2. The van der Waals surface area contributed by atoms with Gasteiger partial charge in [-0.1, -0.05) is 6.92 Å². The van der Waals surface area contributed by atoms with E-state index in [9.17, 15) is 8.78 Å².